The molecule has 2 N–H and O–H groups in total. The molecule has 3 nitrogen and oxygen atoms in total. The Morgan fingerprint density at radius 3 is 2.78 bits per heavy atom. The summed E-state index contributed by atoms with van der Waals surface area (Å²) in [5.41, 5.74) is 2.35. The summed E-state index contributed by atoms with van der Waals surface area (Å²) in [5, 5.41) is 20.4. The predicted octanol–water partition coefficient (Wildman–Crippen LogP) is 3.96. The van der Waals surface area contributed by atoms with Crippen LogP contribution in [0.1, 0.15) is 51.0 Å². The van der Waals surface area contributed by atoms with Crippen LogP contribution < -0.4 is 0 Å². The van der Waals surface area contributed by atoms with Crippen LogP contribution in [0.5, 0.6) is 0 Å². The molecule has 0 bridgehead atoms. The maximum absolute atomic E-state index is 10.4. The first kappa shape index (κ1) is 16.8. The average Bonchev–Trinajstić information content (AvgIpc) is 3.07. The van der Waals surface area contributed by atoms with E-state index >= 15 is 0 Å². The van der Waals surface area contributed by atoms with Gasteiger partial charge in [-0.1, -0.05) is 25.5 Å². The maximum atomic E-state index is 10.4. The van der Waals surface area contributed by atoms with Crippen LogP contribution in [0.25, 0.3) is 0 Å². The van der Waals surface area contributed by atoms with Crippen molar-refractivity contribution < 1.29 is 14.6 Å². The number of rotatable bonds is 5. The molecule has 0 aliphatic heterocycles. The van der Waals surface area contributed by atoms with Gasteiger partial charge in [0.15, 0.2) is 0 Å². The van der Waals surface area contributed by atoms with Gasteiger partial charge in [-0.15, -0.1) is 0 Å². The molecule has 2 aliphatic carbocycles. The fourth-order valence-electron chi connectivity index (χ4n) is 5.55. The molecule has 4 unspecified atom stereocenters. The lowest BCUT2D eigenvalue weighted by Gasteiger charge is -2.59. The van der Waals surface area contributed by atoms with Gasteiger partial charge in [0.2, 0.25) is 0 Å². The van der Waals surface area contributed by atoms with Crippen molar-refractivity contribution in [1.29, 1.82) is 0 Å². The van der Waals surface area contributed by atoms with E-state index in [0.717, 1.165) is 44.9 Å². The molecule has 1 heterocycles. The molecule has 0 radical (unpaired) electrons. The lowest BCUT2D eigenvalue weighted by atomic mass is 9.46. The number of furan rings is 1. The van der Waals surface area contributed by atoms with E-state index in [0.29, 0.717) is 11.8 Å². The number of hydrogen-bond donors (Lipinski definition) is 2. The number of aryl methyl sites for hydroxylation is 1. The lowest BCUT2D eigenvalue weighted by Crippen LogP contribution is -2.55. The average molecular weight is 318 g/mol. The van der Waals surface area contributed by atoms with Gasteiger partial charge in [0.25, 0.3) is 0 Å². The van der Waals surface area contributed by atoms with Crippen molar-refractivity contribution in [2.24, 2.45) is 22.7 Å². The van der Waals surface area contributed by atoms with Crippen LogP contribution in [0.15, 0.2) is 35.2 Å². The fourth-order valence-corrected chi connectivity index (χ4v) is 5.55. The third-order valence-corrected chi connectivity index (χ3v) is 6.82. The van der Waals surface area contributed by atoms with Crippen LogP contribution in [-0.2, 0) is 6.42 Å². The largest absolute Gasteiger partial charge is 0.472 e. The van der Waals surface area contributed by atoms with E-state index < -0.39 is 0 Å². The quantitative estimate of drug-likeness (QED) is 0.808. The molecular weight excluding hydrogens is 288 g/mol. The number of hydrogen-bond acceptors (Lipinski definition) is 3. The first-order chi connectivity index (χ1) is 11.1. The zero-order chi connectivity index (χ0) is 16.5. The van der Waals surface area contributed by atoms with Gasteiger partial charge in [-0.2, -0.15) is 0 Å². The van der Waals surface area contributed by atoms with Gasteiger partial charge < -0.3 is 14.6 Å². The van der Waals surface area contributed by atoms with E-state index in [1.54, 1.807) is 6.26 Å². The van der Waals surface area contributed by atoms with Crippen molar-refractivity contribution in [2.45, 2.75) is 51.9 Å². The van der Waals surface area contributed by atoms with Crippen molar-refractivity contribution in [1.82, 2.24) is 0 Å². The van der Waals surface area contributed by atoms with Crippen molar-refractivity contribution in [3.63, 3.8) is 0 Å². The Labute approximate surface area is 139 Å². The number of fused-ring (bicyclic) bond motifs is 1. The number of allylic oxidation sites excluding steroid dienone is 1. The van der Waals surface area contributed by atoms with Crippen molar-refractivity contribution in [3.8, 4) is 0 Å². The summed E-state index contributed by atoms with van der Waals surface area (Å²) in [5.74, 6) is 0.728. The summed E-state index contributed by atoms with van der Waals surface area (Å²) in [6.07, 6.45) is 10.8. The highest BCUT2D eigenvalue weighted by Gasteiger charge is 2.56. The van der Waals surface area contributed by atoms with Crippen LogP contribution in [0.4, 0.5) is 0 Å². The molecule has 1 aromatic heterocycles. The molecule has 0 aromatic carbocycles. The predicted molar refractivity (Wildman–Crippen MR) is 90.9 cm³/mol. The van der Waals surface area contributed by atoms with Crippen molar-refractivity contribution in [2.75, 3.05) is 13.2 Å². The third kappa shape index (κ3) is 2.78. The SMILES string of the molecule is C=C1CCC2C(C)(CO)CCCC2(CO)C1CCc1ccoc1. The molecule has 2 fully saturated rings. The molecule has 3 rings (SSSR count). The molecule has 3 heteroatoms. The highest BCUT2D eigenvalue weighted by atomic mass is 16.3. The van der Waals surface area contributed by atoms with Gasteiger partial charge in [0, 0.05) is 18.6 Å². The first-order valence-electron chi connectivity index (χ1n) is 8.96. The van der Waals surface area contributed by atoms with E-state index in [1.165, 1.54) is 11.1 Å². The van der Waals surface area contributed by atoms with Crippen LogP contribution in [0.3, 0.4) is 0 Å². The summed E-state index contributed by atoms with van der Waals surface area (Å²) in [4.78, 5) is 0. The second-order valence-electron chi connectivity index (χ2n) is 8.03. The monoisotopic (exact) mass is 318 g/mol. The Morgan fingerprint density at radius 2 is 2.13 bits per heavy atom. The Balaban J connectivity index is 1.87. The van der Waals surface area contributed by atoms with Crippen LogP contribution in [0, 0.1) is 22.7 Å². The van der Waals surface area contributed by atoms with Crippen molar-refractivity contribution >= 4 is 0 Å². The summed E-state index contributed by atoms with van der Waals surface area (Å²) in [6.45, 7) is 7.00. The molecule has 2 saturated carbocycles. The van der Waals surface area contributed by atoms with Gasteiger partial charge in [-0.25, -0.2) is 0 Å². The van der Waals surface area contributed by atoms with E-state index in [9.17, 15) is 10.2 Å². The normalized spacial score (nSPS) is 37.6. The Kier molecular flexibility index (Phi) is 4.70. The van der Waals surface area contributed by atoms with E-state index in [-0.39, 0.29) is 24.0 Å². The molecule has 0 spiro atoms. The number of aliphatic hydroxyl groups is 2. The topological polar surface area (TPSA) is 53.6 Å². The second kappa shape index (κ2) is 6.45. The minimum Gasteiger partial charge on any atom is -0.472 e. The molecule has 4 atom stereocenters. The zero-order valence-corrected chi connectivity index (χ0v) is 14.3. The van der Waals surface area contributed by atoms with Crippen LogP contribution >= 0.6 is 0 Å². The molecular formula is C20H30O3. The van der Waals surface area contributed by atoms with Gasteiger partial charge in [0.1, 0.15) is 0 Å². The van der Waals surface area contributed by atoms with E-state index in [1.807, 2.05) is 12.3 Å². The minimum atomic E-state index is -0.102. The smallest absolute Gasteiger partial charge is 0.0934 e. The van der Waals surface area contributed by atoms with Crippen LogP contribution in [0.2, 0.25) is 0 Å². The molecule has 2 aliphatic rings. The Morgan fingerprint density at radius 1 is 1.30 bits per heavy atom. The highest BCUT2D eigenvalue weighted by Crippen LogP contribution is 2.61. The van der Waals surface area contributed by atoms with E-state index in [2.05, 4.69) is 13.5 Å². The standard InChI is InChI=1S/C20H30O3/c1-15-4-7-18-19(2,13-21)9-3-10-20(18,14-22)17(15)6-5-16-8-11-23-12-16/h8,11-12,17-18,21-22H,1,3-7,9-10,13-14H2,2H3. The summed E-state index contributed by atoms with van der Waals surface area (Å²) >= 11 is 0. The van der Waals surface area contributed by atoms with Gasteiger partial charge in [0.05, 0.1) is 12.5 Å². The summed E-state index contributed by atoms with van der Waals surface area (Å²) < 4.78 is 5.18. The highest BCUT2D eigenvalue weighted by molar-refractivity contribution is 5.18. The molecule has 1 aromatic rings. The zero-order valence-electron chi connectivity index (χ0n) is 14.3. The molecule has 128 valence electrons. The van der Waals surface area contributed by atoms with Gasteiger partial charge in [-0.05, 0) is 67.4 Å². The Hall–Kier alpha value is -1.06. The summed E-state index contributed by atoms with van der Waals surface area (Å²) in [6, 6.07) is 2.02. The molecule has 0 saturated heterocycles. The van der Waals surface area contributed by atoms with Crippen molar-refractivity contribution in [3.05, 3.63) is 36.3 Å². The van der Waals surface area contributed by atoms with Gasteiger partial charge >= 0.3 is 0 Å². The first-order valence-corrected chi connectivity index (χ1v) is 8.96. The summed E-state index contributed by atoms with van der Waals surface area (Å²) in [7, 11) is 0. The Bertz CT molecular complexity index is 535. The maximum Gasteiger partial charge on any atom is 0.0934 e. The second-order valence-corrected chi connectivity index (χ2v) is 8.03. The molecule has 0 amide bonds. The third-order valence-electron chi connectivity index (χ3n) is 6.82. The number of aliphatic hydroxyl groups excluding tert-OH is 2. The van der Waals surface area contributed by atoms with Gasteiger partial charge in [-0.3, -0.25) is 0 Å². The minimum absolute atomic E-state index is 0.0600. The van der Waals surface area contributed by atoms with Crippen LogP contribution in [-0.4, -0.2) is 23.4 Å². The fraction of sp³-hybridized carbons (Fsp3) is 0.700. The molecule has 23 heavy (non-hydrogen) atoms. The lowest BCUT2D eigenvalue weighted by molar-refractivity contribution is -0.120. The van der Waals surface area contributed by atoms with E-state index in [4.69, 9.17) is 4.42 Å².